The minimum absolute atomic E-state index is 0.122. The second kappa shape index (κ2) is 12.0. The number of aryl methyl sites for hydroxylation is 2. The predicted octanol–water partition coefficient (Wildman–Crippen LogP) is 3.15. The normalized spacial score (nSPS) is 13.7. The average molecular weight is 483 g/mol. The molecule has 10 heteroatoms. The highest BCUT2D eigenvalue weighted by molar-refractivity contribution is 5.89. The number of carbonyl (C=O) groups excluding carboxylic acids is 2. The number of benzene rings is 2. The van der Waals surface area contributed by atoms with Crippen molar-refractivity contribution in [2.45, 2.75) is 45.6 Å². The number of amides is 2. The van der Waals surface area contributed by atoms with Crippen molar-refractivity contribution in [3.8, 4) is 11.5 Å². The fourth-order valence-electron chi connectivity index (χ4n) is 3.87. The van der Waals surface area contributed by atoms with Gasteiger partial charge in [-0.15, -0.1) is 0 Å². The number of methoxy groups -OCH3 is 1. The largest absolute Gasteiger partial charge is 0.490 e. The quantitative estimate of drug-likeness (QED) is 0.304. The van der Waals surface area contributed by atoms with E-state index in [1.54, 1.807) is 19.9 Å². The maximum atomic E-state index is 12.6. The number of hydrogen-bond acceptors (Lipinski definition) is 7. The number of nitrogens with zero attached hydrogens (tertiary/aromatic N) is 2. The van der Waals surface area contributed by atoms with Gasteiger partial charge in [0, 0.05) is 11.6 Å². The van der Waals surface area contributed by atoms with Crippen LogP contribution < -0.4 is 20.2 Å². The molecule has 1 aliphatic carbocycles. The molecule has 2 N–H and O–H groups in total. The SMILES string of the molecule is COc1ccc(/C=N\NC(=O)[C@H](NC(=O)COc2ccc3c(c2)CCCC3)C(C)C)cc1[N+](=O)[O-]. The highest BCUT2D eigenvalue weighted by atomic mass is 16.6. The molecular weight excluding hydrogens is 452 g/mol. The van der Waals surface area contributed by atoms with Crippen molar-refractivity contribution >= 4 is 23.7 Å². The van der Waals surface area contributed by atoms with E-state index >= 15 is 0 Å². The van der Waals surface area contributed by atoms with Gasteiger partial charge in [0.25, 0.3) is 11.8 Å². The zero-order chi connectivity index (χ0) is 25.4. The molecule has 3 rings (SSSR count). The van der Waals surface area contributed by atoms with Gasteiger partial charge in [-0.1, -0.05) is 19.9 Å². The number of nitro benzene ring substituents is 1. The van der Waals surface area contributed by atoms with E-state index in [1.165, 1.54) is 43.0 Å². The van der Waals surface area contributed by atoms with Gasteiger partial charge in [0.15, 0.2) is 12.4 Å². The molecule has 1 atom stereocenters. The molecule has 0 unspecified atom stereocenters. The Bertz CT molecular complexity index is 1120. The van der Waals surface area contributed by atoms with Gasteiger partial charge < -0.3 is 14.8 Å². The summed E-state index contributed by atoms with van der Waals surface area (Å²) in [6.45, 7) is 3.38. The van der Waals surface area contributed by atoms with Gasteiger partial charge in [0.05, 0.1) is 18.2 Å². The van der Waals surface area contributed by atoms with Gasteiger partial charge in [-0.05, 0) is 67.0 Å². The molecular formula is C25H30N4O6. The molecule has 1 aliphatic rings. The number of nitrogens with one attached hydrogen (secondary N) is 2. The van der Waals surface area contributed by atoms with Gasteiger partial charge in [-0.2, -0.15) is 5.10 Å². The van der Waals surface area contributed by atoms with Crippen LogP contribution in [0.2, 0.25) is 0 Å². The first-order chi connectivity index (χ1) is 16.8. The summed E-state index contributed by atoms with van der Waals surface area (Å²) in [4.78, 5) is 35.6. The van der Waals surface area contributed by atoms with E-state index < -0.39 is 22.8 Å². The molecule has 0 aromatic heterocycles. The fraction of sp³-hybridized carbons (Fsp3) is 0.400. The predicted molar refractivity (Wildman–Crippen MR) is 131 cm³/mol. The third-order valence-electron chi connectivity index (χ3n) is 5.74. The summed E-state index contributed by atoms with van der Waals surface area (Å²) in [7, 11) is 1.34. The van der Waals surface area contributed by atoms with Crippen LogP contribution in [-0.4, -0.2) is 42.7 Å². The number of ether oxygens (including phenoxy) is 2. The Kier molecular flexibility index (Phi) is 8.77. The molecule has 2 aromatic carbocycles. The summed E-state index contributed by atoms with van der Waals surface area (Å²) < 4.78 is 10.6. The maximum Gasteiger partial charge on any atom is 0.311 e. The molecule has 0 spiro atoms. The second-order valence-electron chi connectivity index (χ2n) is 8.64. The second-order valence-corrected chi connectivity index (χ2v) is 8.64. The molecule has 35 heavy (non-hydrogen) atoms. The van der Waals surface area contributed by atoms with Crippen LogP contribution in [0.1, 0.15) is 43.4 Å². The third-order valence-corrected chi connectivity index (χ3v) is 5.74. The Morgan fingerprint density at radius 2 is 1.89 bits per heavy atom. The Morgan fingerprint density at radius 3 is 2.57 bits per heavy atom. The first kappa shape index (κ1) is 25.7. The lowest BCUT2D eigenvalue weighted by Crippen LogP contribution is -2.49. The lowest BCUT2D eigenvalue weighted by Gasteiger charge is -2.21. The van der Waals surface area contributed by atoms with Gasteiger partial charge >= 0.3 is 5.69 Å². The van der Waals surface area contributed by atoms with Crippen molar-refractivity contribution in [1.29, 1.82) is 0 Å². The lowest BCUT2D eigenvalue weighted by atomic mass is 9.92. The summed E-state index contributed by atoms with van der Waals surface area (Å²) in [5.41, 5.74) is 5.15. The molecule has 0 fully saturated rings. The monoisotopic (exact) mass is 482 g/mol. The van der Waals surface area contributed by atoms with Crippen LogP contribution in [0.15, 0.2) is 41.5 Å². The van der Waals surface area contributed by atoms with Crippen LogP contribution in [0.25, 0.3) is 0 Å². The summed E-state index contributed by atoms with van der Waals surface area (Å²) in [6, 6.07) is 9.35. The van der Waals surface area contributed by atoms with Gasteiger partial charge in [0.2, 0.25) is 0 Å². The number of nitro groups is 1. The van der Waals surface area contributed by atoms with Crippen LogP contribution in [0, 0.1) is 16.0 Å². The third kappa shape index (κ3) is 7.02. The Balaban J connectivity index is 1.55. The Hall–Kier alpha value is -3.95. The summed E-state index contributed by atoms with van der Waals surface area (Å²) in [5, 5.41) is 17.7. The number of hydrazone groups is 1. The highest BCUT2D eigenvalue weighted by Crippen LogP contribution is 2.27. The highest BCUT2D eigenvalue weighted by Gasteiger charge is 2.24. The Morgan fingerprint density at radius 1 is 1.14 bits per heavy atom. The zero-order valence-electron chi connectivity index (χ0n) is 20.1. The molecule has 0 bridgehead atoms. The lowest BCUT2D eigenvalue weighted by molar-refractivity contribution is -0.385. The van der Waals surface area contributed by atoms with E-state index in [0.717, 1.165) is 19.3 Å². The van der Waals surface area contributed by atoms with Crippen LogP contribution >= 0.6 is 0 Å². The molecule has 2 aromatic rings. The molecule has 0 heterocycles. The number of fused-ring (bicyclic) bond motifs is 1. The number of carbonyl (C=O) groups is 2. The molecule has 2 amide bonds. The van der Waals surface area contributed by atoms with Crippen LogP contribution in [0.3, 0.4) is 0 Å². The van der Waals surface area contributed by atoms with Gasteiger partial charge in [-0.25, -0.2) is 5.43 Å². The molecule has 0 saturated carbocycles. The summed E-state index contributed by atoms with van der Waals surface area (Å²) in [6.07, 6.45) is 5.71. The van der Waals surface area contributed by atoms with E-state index in [1.807, 2.05) is 18.2 Å². The van der Waals surface area contributed by atoms with E-state index in [0.29, 0.717) is 11.3 Å². The van der Waals surface area contributed by atoms with Crippen molar-refractivity contribution in [3.05, 3.63) is 63.2 Å². The minimum Gasteiger partial charge on any atom is -0.490 e. The standard InChI is InChI=1S/C25H30N4O6/c1-16(2)24(25(31)28-26-14-17-8-11-22(34-3)21(12-17)29(32)33)27-23(30)15-35-20-10-9-18-6-4-5-7-19(18)13-20/h8-14,16,24H,4-7,15H2,1-3H3,(H,27,30)(H,28,31)/b26-14-/t24-/m1/s1. The van der Waals surface area contributed by atoms with Crippen molar-refractivity contribution in [1.82, 2.24) is 10.7 Å². The maximum absolute atomic E-state index is 12.6. The van der Waals surface area contributed by atoms with E-state index in [-0.39, 0.29) is 24.0 Å². The van der Waals surface area contributed by atoms with E-state index in [2.05, 4.69) is 15.8 Å². The van der Waals surface area contributed by atoms with E-state index in [4.69, 9.17) is 9.47 Å². The van der Waals surface area contributed by atoms with Crippen molar-refractivity contribution in [2.24, 2.45) is 11.0 Å². The van der Waals surface area contributed by atoms with Crippen LogP contribution in [0.4, 0.5) is 5.69 Å². The van der Waals surface area contributed by atoms with Crippen molar-refractivity contribution in [2.75, 3.05) is 13.7 Å². The molecule has 10 nitrogen and oxygen atoms in total. The summed E-state index contributed by atoms with van der Waals surface area (Å²) in [5.74, 6) is -0.395. The van der Waals surface area contributed by atoms with Crippen LogP contribution in [-0.2, 0) is 22.4 Å². The zero-order valence-corrected chi connectivity index (χ0v) is 20.1. The van der Waals surface area contributed by atoms with Crippen molar-refractivity contribution in [3.63, 3.8) is 0 Å². The first-order valence-electron chi connectivity index (χ1n) is 11.5. The number of hydrogen-bond donors (Lipinski definition) is 2. The molecule has 186 valence electrons. The first-order valence-corrected chi connectivity index (χ1v) is 11.5. The Labute approximate surface area is 203 Å². The fourth-order valence-corrected chi connectivity index (χ4v) is 3.87. The molecule has 0 saturated heterocycles. The molecule has 0 radical (unpaired) electrons. The average Bonchev–Trinajstić information content (AvgIpc) is 2.85. The summed E-state index contributed by atoms with van der Waals surface area (Å²) >= 11 is 0. The topological polar surface area (TPSA) is 132 Å². The number of rotatable bonds is 10. The smallest absolute Gasteiger partial charge is 0.311 e. The van der Waals surface area contributed by atoms with Crippen molar-refractivity contribution < 1.29 is 24.0 Å². The van der Waals surface area contributed by atoms with Crippen LogP contribution in [0.5, 0.6) is 11.5 Å². The minimum atomic E-state index is -0.836. The van der Waals surface area contributed by atoms with Gasteiger partial charge in [0.1, 0.15) is 11.8 Å². The molecule has 0 aliphatic heterocycles. The van der Waals surface area contributed by atoms with E-state index in [9.17, 15) is 19.7 Å². The van der Waals surface area contributed by atoms with Gasteiger partial charge in [-0.3, -0.25) is 19.7 Å².